The third-order valence-electron chi connectivity index (χ3n) is 3.75. The summed E-state index contributed by atoms with van der Waals surface area (Å²) in [5, 5.41) is 10.2. The smallest absolute Gasteiger partial charge is 0.410 e. The Morgan fingerprint density at radius 1 is 1.39 bits per heavy atom. The molecule has 0 aliphatic carbocycles. The summed E-state index contributed by atoms with van der Waals surface area (Å²) in [7, 11) is 0. The van der Waals surface area contributed by atoms with Crippen LogP contribution in [0, 0.1) is 5.41 Å². The van der Waals surface area contributed by atoms with Crippen LogP contribution in [0.1, 0.15) is 33.6 Å². The number of carbonyl (C=O) groups excluding carboxylic acids is 1. The molecule has 2 fully saturated rings. The van der Waals surface area contributed by atoms with Gasteiger partial charge in [-0.25, -0.2) is 4.79 Å². The molecule has 0 aromatic rings. The highest BCUT2D eigenvalue weighted by molar-refractivity contribution is 5.68. The number of nitrogens with zero attached hydrogens (tertiary/aromatic N) is 1. The minimum Gasteiger partial charge on any atom is -0.444 e. The van der Waals surface area contributed by atoms with Crippen LogP contribution in [-0.4, -0.2) is 54.1 Å². The molecule has 1 atom stereocenters. The van der Waals surface area contributed by atoms with Crippen molar-refractivity contribution in [1.82, 2.24) is 4.90 Å². The third kappa shape index (κ3) is 2.78. The van der Waals surface area contributed by atoms with E-state index in [9.17, 15) is 9.90 Å². The second-order valence-electron chi connectivity index (χ2n) is 6.35. The fourth-order valence-electron chi connectivity index (χ4n) is 2.69. The maximum absolute atomic E-state index is 12.0. The first-order valence-electron chi connectivity index (χ1n) is 6.56. The summed E-state index contributed by atoms with van der Waals surface area (Å²) in [5.41, 5.74) is -0.678. The predicted octanol–water partition coefficient (Wildman–Crippen LogP) is 1.39. The highest BCUT2D eigenvalue weighted by atomic mass is 16.6. The summed E-state index contributed by atoms with van der Waals surface area (Å²) in [6.45, 7) is 7.82. The van der Waals surface area contributed by atoms with Crippen molar-refractivity contribution in [3.8, 4) is 0 Å². The first kappa shape index (κ1) is 13.6. The van der Waals surface area contributed by atoms with Crippen LogP contribution >= 0.6 is 0 Å². The lowest BCUT2D eigenvalue weighted by molar-refractivity contribution is -0.0346. The van der Waals surface area contributed by atoms with E-state index in [2.05, 4.69) is 0 Å². The molecule has 0 saturated carbocycles. The van der Waals surface area contributed by atoms with E-state index in [0.717, 1.165) is 12.8 Å². The van der Waals surface area contributed by atoms with Crippen molar-refractivity contribution in [2.45, 2.75) is 45.3 Å². The van der Waals surface area contributed by atoms with E-state index in [-0.39, 0.29) is 11.5 Å². The minimum atomic E-state index is -0.493. The molecule has 0 aromatic heterocycles. The lowest BCUT2D eigenvalue weighted by Gasteiger charge is -2.35. The Hall–Kier alpha value is -0.810. The molecule has 5 nitrogen and oxygen atoms in total. The van der Waals surface area contributed by atoms with Crippen LogP contribution in [0.15, 0.2) is 0 Å². The molecule has 18 heavy (non-hydrogen) atoms. The second kappa shape index (κ2) is 4.70. The molecule has 2 rings (SSSR count). The number of rotatable bonds is 0. The Morgan fingerprint density at radius 2 is 2.00 bits per heavy atom. The maximum Gasteiger partial charge on any atom is 0.410 e. The SMILES string of the molecule is CC(C)(C)OC(=O)N1CC(O)C2(CCOCC2)C1. The van der Waals surface area contributed by atoms with Gasteiger partial charge in [0.15, 0.2) is 0 Å². The quantitative estimate of drug-likeness (QED) is 0.712. The molecule has 0 aromatic carbocycles. The Bertz CT molecular complexity index is 317. The van der Waals surface area contributed by atoms with E-state index in [1.54, 1.807) is 4.90 Å². The van der Waals surface area contributed by atoms with Crippen molar-refractivity contribution in [1.29, 1.82) is 0 Å². The molecule has 1 N–H and O–H groups in total. The van der Waals surface area contributed by atoms with E-state index in [0.29, 0.717) is 26.3 Å². The van der Waals surface area contributed by atoms with E-state index < -0.39 is 11.7 Å². The summed E-state index contributed by atoms with van der Waals surface area (Å²) in [5.74, 6) is 0. The van der Waals surface area contributed by atoms with Gasteiger partial charge in [-0.05, 0) is 33.6 Å². The average Bonchev–Trinajstić information content (AvgIpc) is 2.56. The summed E-state index contributed by atoms with van der Waals surface area (Å²) in [4.78, 5) is 13.6. The monoisotopic (exact) mass is 257 g/mol. The van der Waals surface area contributed by atoms with Crippen LogP contribution in [0.2, 0.25) is 0 Å². The number of aliphatic hydroxyl groups is 1. The zero-order valence-electron chi connectivity index (χ0n) is 11.4. The van der Waals surface area contributed by atoms with Crippen LogP contribution in [0.3, 0.4) is 0 Å². The molecule has 1 unspecified atom stereocenters. The van der Waals surface area contributed by atoms with E-state index in [1.807, 2.05) is 20.8 Å². The summed E-state index contributed by atoms with van der Waals surface area (Å²) < 4.78 is 10.7. The molecule has 1 amide bonds. The standard InChI is InChI=1S/C13H23NO4/c1-12(2,3)18-11(16)14-8-10(15)13(9-14)4-6-17-7-5-13/h10,15H,4-9H2,1-3H3. The molecule has 104 valence electrons. The van der Waals surface area contributed by atoms with E-state index in [1.165, 1.54) is 0 Å². The average molecular weight is 257 g/mol. The molecule has 0 bridgehead atoms. The van der Waals surface area contributed by atoms with E-state index in [4.69, 9.17) is 9.47 Å². The Morgan fingerprint density at radius 3 is 2.56 bits per heavy atom. The van der Waals surface area contributed by atoms with Crippen molar-refractivity contribution in [2.75, 3.05) is 26.3 Å². The first-order valence-corrected chi connectivity index (χ1v) is 6.56. The minimum absolute atomic E-state index is 0.185. The van der Waals surface area contributed by atoms with Crippen molar-refractivity contribution >= 4 is 6.09 Å². The Kier molecular flexibility index (Phi) is 3.56. The number of aliphatic hydroxyl groups excluding tert-OH is 1. The molecule has 5 heteroatoms. The number of likely N-dealkylation sites (tertiary alicyclic amines) is 1. The van der Waals surface area contributed by atoms with Crippen molar-refractivity contribution < 1.29 is 19.4 Å². The van der Waals surface area contributed by atoms with Gasteiger partial charge in [-0.2, -0.15) is 0 Å². The molecule has 2 saturated heterocycles. The Labute approximate surface area is 108 Å². The van der Waals surface area contributed by atoms with Gasteiger partial charge in [0.05, 0.1) is 12.6 Å². The van der Waals surface area contributed by atoms with Crippen LogP contribution < -0.4 is 0 Å². The van der Waals surface area contributed by atoms with Gasteiger partial charge in [0.1, 0.15) is 5.60 Å². The van der Waals surface area contributed by atoms with Gasteiger partial charge in [-0.15, -0.1) is 0 Å². The normalized spacial score (nSPS) is 27.6. The number of hydrogen-bond donors (Lipinski definition) is 1. The lowest BCUT2D eigenvalue weighted by atomic mass is 9.77. The molecule has 2 aliphatic heterocycles. The zero-order chi connectivity index (χ0) is 13.4. The third-order valence-corrected chi connectivity index (χ3v) is 3.75. The fraction of sp³-hybridized carbons (Fsp3) is 0.923. The Balaban J connectivity index is 1.99. The van der Waals surface area contributed by atoms with Gasteiger partial charge >= 0.3 is 6.09 Å². The number of ether oxygens (including phenoxy) is 2. The van der Waals surface area contributed by atoms with Gasteiger partial charge < -0.3 is 19.5 Å². The van der Waals surface area contributed by atoms with Crippen LogP contribution in [0.25, 0.3) is 0 Å². The highest BCUT2D eigenvalue weighted by Gasteiger charge is 2.48. The van der Waals surface area contributed by atoms with Crippen molar-refractivity contribution in [3.05, 3.63) is 0 Å². The molecule has 0 radical (unpaired) electrons. The number of β-amino-alcohol motifs (C(OH)–C–C–N with tert-alkyl or cyclic N) is 1. The molecule has 2 aliphatic rings. The molecule has 2 heterocycles. The van der Waals surface area contributed by atoms with E-state index >= 15 is 0 Å². The maximum atomic E-state index is 12.0. The van der Waals surface area contributed by atoms with Crippen LogP contribution in [0.5, 0.6) is 0 Å². The second-order valence-corrected chi connectivity index (χ2v) is 6.35. The lowest BCUT2D eigenvalue weighted by Crippen LogP contribution is -2.40. The number of hydrogen-bond acceptors (Lipinski definition) is 4. The molecular weight excluding hydrogens is 234 g/mol. The molecule has 1 spiro atoms. The fourth-order valence-corrected chi connectivity index (χ4v) is 2.69. The zero-order valence-corrected chi connectivity index (χ0v) is 11.4. The topological polar surface area (TPSA) is 59.0 Å². The number of amides is 1. The van der Waals surface area contributed by atoms with Gasteiger partial charge in [-0.3, -0.25) is 0 Å². The summed E-state index contributed by atoms with van der Waals surface area (Å²) in [6.07, 6.45) is 0.833. The van der Waals surface area contributed by atoms with Gasteiger partial charge in [0, 0.05) is 25.2 Å². The molecular formula is C13H23NO4. The predicted molar refractivity (Wildman–Crippen MR) is 66.3 cm³/mol. The van der Waals surface area contributed by atoms with Crippen LogP contribution in [0.4, 0.5) is 4.79 Å². The largest absolute Gasteiger partial charge is 0.444 e. The van der Waals surface area contributed by atoms with Crippen LogP contribution in [-0.2, 0) is 9.47 Å². The first-order chi connectivity index (χ1) is 8.32. The summed E-state index contributed by atoms with van der Waals surface area (Å²) in [6, 6.07) is 0. The van der Waals surface area contributed by atoms with Gasteiger partial charge in [-0.1, -0.05) is 0 Å². The van der Waals surface area contributed by atoms with Gasteiger partial charge in [0.25, 0.3) is 0 Å². The highest BCUT2D eigenvalue weighted by Crippen LogP contribution is 2.40. The van der Waals surface area contributed by atoms with Crippen molar-refractivity contribution in [2.24, 2.45) is 5.41 Å². The number of carbonyl (C=O) groups is 1. The van der Waals surface area contributed by atoms with Crippen molar-refractivity contribution in [3.63, 3.8) is 0 Å². The summed E-state index contributed by atoms with van der Waals surface area (Å²) >= 11 is 0. The van der Waals surface area contributed by atoms with Gasteiger partial charge in [0.2, 0.25) is 0 Å².